The van der Waals surface area contributed by atoms with Gasteiger partial charge in [0.2, 0.25) is 5.91 Å². The molecule has 24 heavy (non-hydrogen) atoms. The molecule has 1 fully saturated rings. The number of nitrogens with zero attached hydrogens (tertiary/aromatic N) is 2. The molecule has 0 spiro atoms. The van der Waals surface area contributed by atoms with Crippen LogP contribution >= 0.6 is 0 Å². The van der Waals surface area contributed by atoms with Crippen LogP contribution in [0.2, 0.25) is 0 Å². The molecule has 1 aromatic carbocycles. The fourth-order valence-electron chi connectivity index (χ4n) is 3.48. The molecule has 1 aliphatic rings. The first-order valence-corrected chi connectivity index (χ1v) is 8.84. The van der Waals surface area contributed by atoms with Crippen LogP contribution in [0, 0.1) is 5.92 Å². The van der Waals surface area contributed by atoms with Gasteiger partial charge in [-0.15, -0.1) is 0 Å². The number of rotatable bonds is 4. The summed E-state index contributed by atoms with van der Waals surface area (Å²) in [6, 6.07) is 7.56. The van der Waals surface area contributed by atoms with Crippen molar-refractivity contribution in [1.82, 2.24) is 14.9 Å². The predicted molar refractivity (Wildman–Crippen MR) is 94.6 cm³/mol. The summed E-state index contributed by atoms with van der Waals surface area (Å²) in [5, 5.41) is 0.584. The van der Waals surface area contributed by atoms with Gasteiger partial charge in [0.05, 0.1) is 17.4 Å². The largest absolute Gasteiger partial charge is 0.332 e. The van der Waals surface area contributed by atoms with E-state index in [-0.39, 0.29) is 23.4 Å². The van der Waals surface area contributed by atoms with Gasteiger partial charge in [0.15, 0.2) is 0 Å². The molecule has 0 unspecified atom stereocenters. The fraction of sp³-hybridized carbons (Fsp3) is 0.526. The molecule has 1 N–H and O–H groups in total. The number of carbonyl (C=O) groups is 1. The molecule has 1 heterocycles. The first-order valence-electron chi connectivity index (χ1n) is 8.84. The molecule has 5 nitrogen and oxygen atoms in total. The van der Waals surface area contributed by atoms with Crippen molar-refractivity contribution in [2.45, 2.75) is 58.5 Å². The molecule has 1 amide bonds. The van der Waals surface area contributed by atoms with E-state index in [9.17, 15) is 9.59 Å². The Bertz CT molecular complexity index is 776. The first kappa shape index (κ1) is 16.7. The Morgan fingerprint density at radius 3 is 2.67 bits per heavy atom. The van der Waals surface area contributed by atoms with Gasteiger partial charge in [-0.25, -0.2) is 4.98 Å². The van der Waals surface area contributed by atoms with Crippen molar-refractivity contribution in [3.8, 4) is 0 Å². The van der Waals surface area contributed by atoms with Crippen LogP contribution in [-0.2, 0) is 11.3 Å². The third-order valence-electron chi connectivity index (χ3n) is 4.77. The van der Waals surface area contributed by atoms with Crippen molar-refractivity contribution in [3.05, 3.63) is 40.4 Å². The maximum absolute atomic E-state index is 12.7. The number of aromatic amines is 1. The highest BCUT2D eigenvalue weighted by Gasteiger charge is 2.27. The summed E-state index contributed by atoms with van der Waals surface area (Å²) in [5.74, 6) is 0.648. The molecule has 1 saturated carbocycles. The maximum Gasteiger partial charge on any atom is 0.258 e. The van der Waals surface area contributed by atoms with Crippen molar-refractivity contribution >= 4 is 16.8 Å². The SMILES string of the molecule is CC(C)C(=O)N(Cc1nc2ccccc2c(=O)[nH]1)C1CCCCC1. The molecule has 0 bridgehead atoms. The molecule has 3 rings (SSSR count). The minimum atomic E-state index is -0.142. The van der Waals surface area contributed by atoms with Gasteiger partial charge in [0.25, 0.3) is 5.56 Å². The Morgan fingerprint density at radius 1 is 1.25 bits per heavy atom. The average Bonchev–Trinajstić information content (AvgIpc) is 2.60. The van der Waals surface area contributed by atoms with Gasteiger partial charge in [0, 0.05) is 12.0 Å². The quantitative estimate of drug-likeness (QED) is 0.937. The molecule has 0 aliphatic heterocycles. The number of amides is 1. The second-order valence-corrected chi connectivity index (χ2v) is 6.94. The lowest BCUT2D eigenvalue weighted by Crippen LogP contribution is -2.43. The zero-order valence-electron chi connectivity index (χ0n) is 14.4. The van der Waals surface area contributed by atoms with Crippen LogP contribution in [0.25, 0.3) is 10.9 Å². The first-order chi connectivity index (χ1) is 11.6. The van der Waals surface area contributed by atoms with Gasteiger partial charge in [-0.2, -0.15) is 0 Å². The van der Waals surface area contributed by atoms with Crippen molar-refractivity contribution in [2.75, 3.05) is 0 Å². The molecule has 1 aliphatic carbocycles. The minimum Gasteiger partial charge on any atom is -0.332 e. The molecular weight excluding hydrogens is 302 g/mol. The number of benzene rings is 1. The van der Waals surface area contributed by atoms with Crippen molar-refractivity contribution in [1.29, 1.82) is 0 Å². The summed E-state index contributed by atoms with van der Waals surface area (Å²) in [5.41, 5.74) is 0.535. The van der Waals surface area contributed by atoms with E-state index < -0.39 is 0 Å². The van der Waals surface area contributed by atoms with Crippen LogP contribution in [0.5, 0.6) is 0 Å². The Morgan fingerprint density at radius 2 is 1.96 bits per heavy atom. The van der Waals surface area contributed by atoms with Crippen LogP contribution < -0.4 is 5.56 Å². The number of hydrogen-bond donors (Lipinski definition) is 1. The fourth-order valence-corrected chi connectivity index (χ4v) is 3.48. The number of H-pyrrole nitrogens is 1. The lowest BCUT2D eigenvalue weighted by atomic mass is 9.93. The van der Waals surface area contributed by atoms with E-state index >= 15 is 0 Å². The van der Waals surface area contributed by atoms with E-state index in [1.54, 1.807) is 6.07 Å². The number of fused-ring (bicyclic) bond motifs is 1. The second kappa shape index (κ2) is 7.16. The minimum absolute atomic E-state index is 0.0564. The smallest absolute Gasteiger partial charge is 0.258 e. The molecule has 0 atom stereocenters. The van der Waals surface area contributed by atoms with Crippen LogP contribution in [0.15, 0.2) is 29.1 Å². The van der Waals surface area contributed by atoms with Gasteiger partial charge in [-0.05, 0) is 25.0 Å². The summed E-state index contributed by atoms with van der Waals surface area (Å²) in [7, 11) is 0. The highest BCUT2D eigenvalue weighted by atomic mass is 16.2. The molecule has 0 saturated heterocycles. The van der Waals surface area contributed by atoms with Gasteiger partial charge in [0.1, 0.15) is 5.82 Å². The summed E-state index contributed by atoms with van der Waals surface area (Å²) in [6.07, 6.45) is 5.64. The molecule has 1 aromatic heterocycles. The zero-order valence-corrected chi connectivity index (χ0v) is 14.4. The van der Waals surface area contributed by atoms with Gasteiger partial charge < -0.3 is 9.88 Å². The third-order valence-corrected chi connectivity index (χ3v) is 4.77. The monoisotopic (exact) mass is 327 g/mol. The van der Waals surface area contributed by atoms with E-state index in [0.717, 1.165) is 25.7 Å². The van der Waals surface area contributed by atoms with E-state index in [1.165, 1.54) is 6.42 Å². The second-order valence-electron chi connectivity index (χ2n) is 6.94. The number of carbonyl (C=O) groups excluding carboxylic acids is 1. The van der Waals surface area contributed by atoms with Crippen molar-refractivity contribution in [3.63, 3.8) is 0 Å². The highest BCUT2D eigenvalue weighted by molar-refractivity contribution is 5.79. The Balaban J connectivity index is 1.91. The van der Waals surface area contributed by atoms with E-state index in [0.29, 0.717) is 23.3 Å². The number of para-hydroxylation sites is 1. The van der Waals surface area contributed by atoms with Crippen molar-refractivity contribution < 1.29 is 4.79 Å². The predicted octanol–water partition coefficient (Wildman–Crippen LogP) is 3.24. The molecule has 5 heteroatoms. The Kier molecular flexibility index (Phi) is 4.97. The topological polar surface area (TPSA) is 66.1 Å². The van der Waals surface area contributed by atoms with Crippen LogP contribution in [0.1, 0.15) is 51.8 Å². The summed E-state index contributed by atoms with van der Waals surface area (Å²) < 4.78 is 0. The standard InChI is InChI=1S/C19H25N3O2/c1-13(2)19(24)22(14-8-4-3-5-9-14)12-17-20-16-11-7-6-10-15(16)18(23)21-17/h6-7,10-11,13-14H,3-5,8-9,12H2,1-2H3,(H,20,21,23). The molecule has 2 aromatic rings. The maximum atomic E-state index is 12.7. The lowest BCUT2D eigenvalue weighted by molar-refractivity contribution is -0.138. The third kappa shape index (κ3) is 3.50. The lowest BCUT2D eigenvalue weighted by Gasteiger charge is -2.35. The zero-order chi connectivity index (χ0) is 17.1. The average molecular weight is 327 g/mol. The Labute approximate surface area is 142 Å². The van der Waals surface area contributed by atoms with E-state index in [1.807, 2.05) is 36.9 Å². The highest BCUT2D eigenvalue weighted by Crippen LogP contribution is 2.25. The van der Waals surface area contributed by atoms with Gasteiger partial charge >= 0.3 is 0 Å². The number of hydrogen-bond acceptors (Lipinski definition) is 3. The van der Waals surface area contributed by atoms with Gasteiger partial charge in [-0.1, -0.05) is 45.2 Å². The van der Waals surface area contributed by atoms with Crippen LogP contribution in [-0.4, -0.2) is 26.8 Å². The van der Waals surface area contributed by atoms with E-state index in [2.05, 4.69) is 9.97 Å². The summed E-state index contributed by atoms with van der Waals surface area (Å²) in [6.45, 7) is 4.23. The normalized spacial score (nSPS) is 15.8. The van der Waals surface area contributed by atoms with Crippen molar-refractivity contribution in [2.24, 2.45) is 5.92 Å². The number of nitrogens with one attached hydrogen (secondary N) is 1. The summed E-state index contributed by atoms with van der Waals surface area (Å²) in [4.78, 5) is 34.3. The summed E-state index contributed by atoms with van der Waals surface area (Å²) >= 11 is 0. The van der Waals surface area contributed by atoms with Crippen LogP contribution in [0.4, 0.5) is 0 Å². The number of aromatic nitrogens is 2. The van der Waals surface area contributed by atoms with Gasteiger partial charge in [-0.3, -0.25) is 9.59 Å². The van der Waals surface area contributed by atoms with E-state index in [4.69, 9.17) is 0 Å². The molecular formula is C19H25N3O2. The van der Waals surface area contributed by atoms with Crippen LogP contribution in [0.3, 0.4) is 0 Å². The molecule has 128 valence electrons. The molecule has 0 radical (unpaired) electrons. The Hall–Kier alpha value is -2.17.